The van der Waals surface area contributed by atoms with Crippen molar-refractivity contribution >= 4 is 5.91 Å². The van der Waals surface area contributed by atoms with Crippen LogP contribution in [-0.2, 0) is 6.54 Å². The van der Waals surface area contributed by atoms with Gasteiger partial charge in [-0.2, -0.15) is 5.10 Å². The first-order chi connectivity index (χ1) is 13.7. The standard InChI is InChI=1S/C21H19N5O2/c27-20-9-5-4-8-16(20)17-12-18(25-24-17)21(28)23-19(13-26-11-10-22-14-26)15-6-2-1-3-7-15/h1-12,14,19,27H,13H2,(H,23,28)(H,24,25). The molecule has 3 N–H and O–H groups in total. The third kappa shape index (κ3) is 3.78. The highest BCUT2D eigenvalue weighted by Gasteiger charge is 2.19. The molecule has 0 saturated carbocycles. The van der Waals surface area contributed by atoms with Crippen molar-refractivity contribution < 1.29 is 9.90 Å². The van der Waals surface area contributed by atoms with Crippen LogP contribution in [0.15, 0.2) is 79.4 Å². The molecule has 4 aromatic rings. The number of aromatic hydroxyl groups is 1. The highest BCUT2D eigenvalue weighted by atomic mass is 16.3. The molecule has 1 amide bonds. The van der Waals surface area contributed by atoms with Crippen LogP contribution in [0.1, 0.15) is 22.1 Å². The smallest absolute Gasteiger partial charge is 0.269 e. The molecule has 2 aromatic heterocycles. The SMILES string of the molecule is O=C(NC(Cn1ccnc1)c1ccccc1)c1cc(-c2ccccc2O)n[nH]1. The van der Waals surface area contributed by atoms with Gasteiger partial charge in [-0.1, -0.05) is 42.5 Å². The van der Waals surface area contributed by atoms with Crippen molar-refractivity contribution in [1.29, 1.82) is 0 Å². The zero-order valence-corrected chi connectivity index (χ0v) is 15.0. The van der Waals surface area contributed by atoms with Gasteiger partial charge in [-0.3, -0.25) is 9.89 Å². The summed E-state index contributed by atoms with van der Waals surface area (Å²) in [5.74, 6) is -0.161. The predicted octanol–water partition coefficient (Wildman–Crippen LogP) is 3.15. The number of carbonyl (C=O) groups is 1. The number of carbonyl (C=O) groups excluding carboxylic acids is 1. The Morgan fingerprint density at radius 3 is 2.68 bits per heavy atom. The molecule has 4 rings (SSSR count). The van der Waals surface area contributed by atoms with E-state index >= 15 is 0 Å². The van der Waals surface area contributed by atoms with Crippen LogP contribution in [0.4, 0.5) is 0 Å². The maximum absolute atomic E-state index is 12.8. The molecule has 2 heterocycles. The van der Waals surface area contributed by atoms with Gasteiger partial charge in [-0.15, -0.1) is 0 Å². The predicted molar refractivity (Wildman–Crippen MR) is 105 cm³/mol. The van der Waals surface area contributed by atoms with E-state index in [0.717, 1.165) is 5.56 Å². The molecule has 1 unspecified atom stereocenters. The summed E-state index contributed by atoms with van der Waals surface area (Å²) in [6, 6.07) is 18.0. The van der Waals surface area contributed by atoms with E-state index in [0.29, 0.717) is 23.5 Å². The zero-order chi connectivity index (χ0) is 19.3. The van der Waals surface area contributed by atoms with Gasteiger partial charge in [0.25, 0.3) is 5.91 Å². The van der Waals surface area contributed by atoms with Gasteiger partial charge in [0, 0.05) is 24.5 Å². The summed E-state index contributed by atoms with van der Waals surface area (Å²) in [4.78, 5) is 16.9. The molecule has 0 bridgehead atoms. The first-order valence-electron chi connectivity index (χ1n) is 8.86. The van der Waals surface area contributed by atoms with Gasteiger partial charge in [0.2, 0.25) is 0 Å². The maximum Gasteiger partial charge on any atom is 0.269 e. The van der Waals surface area contributed by atoms with Crippen molar-refractivity contribution in [2.24, 2.45) is 0 Å². The Labute approximate surface area is 161 Å². The number of H-pyrrole nitrogens is 1. The first-order valence-corrected chi connectivity index (χ1v) is 8.86. The monoisotopic (exact) mass is 373 g/mol. The fourth-order valence-corrected chi connectivity index (χ4v) is 3.03. The molecular formula is C21H19N5O2. The summed E-state index contributed by atoms with van der Waals surface area (Å²) in [5, 5.41) is 20.0. The van der Waals surface area contributed by atoms with Crippen LogP contribution in [0, 0.1) is 0 Å². The number of aromatic nitrogens is 4. The van der Waals surface area contributed by atoms with Crippen LogP contribution in [0.25, 0.3) is 11.3 Å². The lowest BCUT2D eigenvalue weighted by molar-refractivity contribution is 0.0927. The number of phenolic OH excluding ortho intramolecular Hbond substituents is 1. The van der Waals surface area contributed by atoms with Crippen molar-refractivity contribution in [3.8, 4) is 17.0 Å². The summed E-state index contributed by atoms with van der Waals surface area (Å²) in [7, 11) is 0. The number of phenols is 1. The van der Waals surface area contributed by atoms with Gasteiger partial charge in [0.1, 0.15) is 11.4 Å². The molecule has 7 nitrogen and oxygen atoms in total. The Hall–Kier alpha value is -3.87. The summed E-state index contributed by atoms with van der Waals surface area (Å²) in [6.45, 7) is 0.552. The molecule has 7 heteroatoms. The number of hydrogen-bond donors (Lipinski definition) is 3. The van der Waals surface area contributed by atoms with E-state index in [1.165, 1.54) is 0 Å². The van der Waals surface area contributed by atoms with Crippen molar-refractivity contribution in [2.45, 2.75) is 12.6 Å². The third-order valence-electron chi connectivity index (χ3n) is 4.46. The topological polar surface area (TPSA) is 95.8 Å². The van der Waals surface area contributed by atoms with Gasteiger partial charge in [-0.05, 0) is 23.8 Å². The Morgan fingerprint density at radius 1 is 1.14 bits per heavy atom. The van der Waals surface area contributed by atoms with E-state index in [1.807, 2.05) is 41.1 Å². The van der Waals surface area contributed by atoms with E-state index in [2.05, 4.69) is 20.5 Å². The number of hydrogen-bond acceptors (Lipinski definition) is 4. The molecule has 1 atom stereocenters. The minimum Gasteiger partial charge on any atom is -0.507 e. The van der Waals surface area contributed by atoms with Crippen molar-refractivity contribution in [3.05, 3.63) is 90.6 Å². The minimum atomic E-state index is -0.275. The average Bonchev–Trinajstić information content (AvgIpc) is 3.41. The number of benzene rings is 2. The fourth-order valence-electron chi connectivity index (χ4n) is 3.03. The molecule has 140 valence electrons. The van der Waals surface area contributed by atoms with Crippen molar-refractivity contribution in [2.75, 3.05) is 0 Å². The first kappa shape index (κ1) is 17.5. The fraction of sp³-hybridized carbons (Fsp3) is 0.0952. The van der Waals surface area contributed by atoms with Crippen molar-refractivity contribution in [3.63, 3.8) is 0 Å². The van der Waals surface area contributed by atoms with Gasteiger partial charge in [0.15, 0.2) is 0 Å². The zero-order valence-electron chi connectivity index (χ0n) is 15.0. The number of nitrogens with zero attached hydrogens (tertiary/aromatic N) is 3. The molecule has 0 aliphatic heterocycles. The number of rotatable bonds is 6. The number of para-hydroxylation sites is 1. The number of nitrogens with one attached hydrogen (secondary N) is 2. The summed E-state index contributed by atoms with van der Waals surface area (Å²) in [5.41, 5.74) is 2.39. The van der Waals surface area contributed by atoms with Gasteiger partial charge in [0.05, 0.1) is 18.1 Å². The van der Waals surface area contributed by atoms with E-state index in [9.17, 15) is 9.90 Å². The molecule has 28 heavy (non-hydrogen) atoms. The second kappa shape index (κ2) is 7.79. The van der Waals surface area contributed by atoms with Crippen LogP contribution in [0.2, 0.25) is 0 Å². The van der Waals surface area contributed by atoms with Crippen molar-refractivity contribution in [1.82, 2.24) is 25.1 Å². The third-order valence-corrected chi connectivity index (χ3v) is 4.46. The summed E-state index contributed by atoms with van der Waals surface area (Å²) in [6.07, 6.45) is 5.28. The summed E-state index contributed by atoms with van der Waals surface area (Å²) >= 11 is 0. The largest absolute Gasteiger partial charge is 0.507 e. The second-order valence-corrected chi connectivity index (χ2v) is 6.38. The lowest BCUT2D eigenvalue weighted by Crippen LogP contribution is -2.31. The highest BCUT2D eigenvalue weighted by Crippen LogP contribution is 2.27. The lowest BCUT2D eigenvalue weighted by atomic mass is 10.1. The molecule has 2 aromatic carbocycles. The molecule has 0 aliphatic carbocycles. The second-order valence-electron chi connectivity index (χ2n) is 6.38. The molecule has 0 saturated heterocycles. The Morgan fingerprint density at radius 2 is 1.93 bits per heavy atom. The van der Waals surface area contributed by atoms with Gasteiger partial charge in [-0.25, -0.2) is 4.98 Å². The maximum atomic E-state index is 12.8. The molecule has 0 spiro atoms. The van der Waals surface area contributed by atoms with Gasteiger partial charge < -0.3 is 15.0 Å². The van der Waals surface area contributed by atoms with Crippen LogP contribution in [0.5, 0.6) is 5.75 Å². The van der Waals surface area contributed by atoms with E-state index in [1.54, 1.807) is 42.9 Å². The normalized spacial score (nSPS) is 11.9. The summed E-state index contributed by atoms with van der Waals surface area (Å²) < 4.78 is 1.92. The number of aromatic amines is 1. The van der Waals surface area contributed by atoms with E-state index < -0.39 is 0 Å². The molecule has 0 radical (unpaired) electrons. The van der Waals surface area contributed by atoms with Crippen LogP contribution < -0.4 is 5.32 Å². The highest BCUT2D eigenvalue weighted by molar-refractivity contribution is 5.93. The molecular weight excluding hydrogens is 354 g/mol. The van der Waals surface area contributed by atoms with Gasteiger partial charge >= 0.3 is 0 Å². The Kier molecular flexibility index (Phi) is 4.88. The average molecular weight is 373 g/mol. The number of amides is 1. The van der Waals surface area contributed by atoms with Crippen LogP contribution >= 0.6 is 0 Å². The Balaban J connectivity index is 1.55. The van der Waals surface area contributed by atoms with E-state index in [-0.39, 0.29) is 17.7 Å². The van der Waals surface area contributed by atoms with E-state index in [4.69, 9.17) is 0 Å². The molecule has 0 fully saturated rings. The number of imidazole rings is 1. The molecule has 0 aliphatic rings. The lowest BCUT2D eigenvalue weighted by Gasteiger charge is -2.19. The minimum absolute atomic E-state index is 0.114. The quantitative estimate of drug-likeness (QED) is 0.484. The van der Waals surface area contributed by atoms with Crippen LogP contribution in [0.3, 0.4) is 0 Å². The Bertz CT molecular complexity index is 1060. The van der Waals surface area contributed by atoms with Crippen LogP contribution in [-0.4, -0.2) is 30.8 Å².